The molecule has 12 heteroatoms. The normalized spacial score (nSPS) is 19.5. The molecule has 1 fully saturated rings. The SMILES string of the molecule is C=CC(=O)N1CC[C@@H](Oc2cc(F)c([C@@H]3c4ccc5[nH]c(=O)oc5c4C=C(C)N3CC(F)(F)F)c(F)c2)C1. The maximum Gasteiger partial charge on any atom is 0.417 e. The Bertz CT molecular complexity index is 1500. The maximum absolute atomic E-state index is 15.6. The number of H-pyrrole nitrogens is 1. The first-order valence-electron chi connectivity index (χ1n) is 11.7. The summed E-state index contributed by atoms with van der Waals surface area (Å²) in [6.07, 6.45) is -2.21. The minimum absolute atomic E-state index is 0.0733. The molecule has 3 aromatic rings. The molecule has 0 unspecified atom stereocenters. The van der Waals surface area contributed by atoms with Crippen molar-refractivity contribution in [3.63, 3.8) is 0 Å². The van der Waals surface area contributed by atoms with E-state index >= 15 is 8.78 Å². The minimum atomic E-state index is -4.68. The zero-order valence-electron chi connectivity index (χ0n) is 20.1. The van der Waals surface area contributed by atoms with Crippen LogP contribution in [0.25, 0.3) is 17.2 Å². The number of nitrogens with zero attached hydrogens (tertiary/aromatic N) is 2. The average molecular weight is 535 g/mol. The van der Waals surface area contributed by atoms with Crippen molar-refractivity contribution in [2.45, 2.75) is 31.7 Å². The molecular formula is C26H22F5N3O4. The van der Waals surface area contributed by atoms with E-state index in [1.54, 1.807) is 0 Å². The Labute approximate surface area is 212 Å². The van der Waals surface area contributed by atoms with Gasteiger partial charge < -0.3 is 19.0 Å². The number of aromatic nitrogens is 1. The van der Waals surface area contributed by atoms with Crippen LogP contribution in [0.15, 0.2) is 51.8 Å². The number of benzene rings is 2. The second-order valence-electron chi connectivity index (χ2n) is 9.21. The molecule has 2 atom stereocenters. The third-order valence-corrected chi connectivity index (χ3v) is 6.68. The number of hydrogen-bond donors (Lipinski definition) is 1. The van der Waals surface area contributed by atoms with E-state index in [4.69, 9.17) is 9.15 Å². The van der Waals surface area contributed by atoms with E-state index < -0.39 is 47.8 Å². The van der Waals surface area contributed by atoms with Gasteiger partial charge in [-0.1, -0.05) is 12.6 Å². The number of allylic oxidation sites excluding steroid dienone is 1. The van der Waals surface area contributed by atoms with E-state index in [0.717, 1.165) is 23.1 Å². The lowest BCUT2D eigenvalue weighted by Gasteiger charge is -2.39. The highest BCUT2D eigenvalue weighted by molar-refractivity contribution is 5.87. The fraction of sp³-hybridized carbons (Fsp3) is 0.308. The Morgan fingerprint density at radius 1 is 1.26 bits per heavy atom. The number of nitrogens with one attached hydrogen (secondary N) is 1. The van der Waals surface area contributed by atoms with Crippen molar-refractivity contribution >= 4 is 23.1 Å². The lowest BCUT2D eigenvalue weighted by molar-refractivity contribution is -0.145. The van der Waals surface area contributed by atoms with Gasteiger partial charge in [0.15, 0.2) is 5.58 Å². The van der Waals surface area contributed by atoms with Gasteiger partial charge in [0, 0.05) is 36.4 Å². The average Bonchev–Trinajstić information content (AvgIpc) is 3.45. The minimum Gasteiger partial charge on any atom is -0.488 e. The highest BCUT2D eigenvalue weighted by atomic mass is 19.4. The first-order chi connectivity index (χ1) is 17.9. The third kappa shape index (κ3) is 4.66. The fourth-order valence-electron chi connectivity index (χ4n) is 5.06. The van der Waals surface area contributed by atoms with Crippen molar-refractivity contribution in [1.29, 1.82) is 0 Å². The van der Waals surface area contributed by atoms with E-state index in [1.807, 2.05) is 0 Å². The van der Waals surface area contributed by atoms with Crippen LogP contribution < -0.4 is 10.5 Å². The van der Waals surface area contributed by atoms with E-state index in [1.165, 1.54) is 30.0 Å². The molecule has 1 aromatic heterocycles. The fourth-order valence-corrected chi connectivity index (χ4v) is 5.06. The molecule has 38 heavy (non-hydrogen) atoms. The van der Waals surface area contributed by atoms with Crippen LogP contribution in [0, 0.1) is 11.6 Å². The molecule has 5 rings (SSSR count). The number of amides is 1. The molecular weight excluding hydrogens is 513 g/mol. The van der Waals surface area contributed by atoms with E-state index in [-0.39, 0.29) is 40.6 Å². The summed E-state index contributed by atoms with van der Waals surface area (Å²) in [5.74, 6) is -3.43. The van der Waals surface area contributed by atoms with Gasteiger partial charge in [-0.3, -0.25) is 9.78 Å². The molecule has 1 saturated heterocycles. The summed E-state index contributed by atoms with van der Waals surface area (Å²) in [6.45, 7) is 3.93. The van der Waals surface area contributed by atoms with Crippen LogP contribution in [0.3, 0.4) is 0 Å². The summed E-state index contributed by atoms with van der Waals surface area (Å²) in [4.78, 5) is 28.4. The molecule has 200 valence electrons. The second kappa shape index (κ2) is 9.34. The van der Waals surface area contributed by atoms with Crippen molar-refractivity contribution in [2.75, 3.05) is 19.6 Å². The second-order valence-corrected chi connectivity index (χ2v) is 9.21. The highest BCUT2D eigenvalue weighted by Gasteiger charge is 2.40. The highest BCUT2D eigenvalue weighted by Crippen LogP contribution is 2.44. The number of hydrogen-bond acceptors (Lipinski definition) is 5. The molecule has 7 nitrogen and oxygen atoms in total. The monoisotopic (exact) mass is 535 g/mol. The molecule has 0 radical (unpaired) electrons. The molecule has 0 bridgehead atoms. The predicted molar refractivity (Wildman–Crippen MR) is 127 cm³/mol. The van der Waals surface area contributed by atoms with Gasteiger partial charge in [-0.2, -0.15) is 13.2 Å². The quantitative estimate of drug-likeness (QED) is 0.372. The smallest absolute Gasteiger partial charge is 0.417 e. The lowest BCUT2D eigenvalue weighted by Crippen LogP contribution is -2.39. The number of likely N-dealkylation sites (tertiary alicyclic amines) is 1. The Morgan fingerprint density at radius 2 is 1.97 bits per heavy atom. The van der Waals surface area contributed by atoms with Gasteiger partial charge >= 0.3 is 11.9 Å². The number of rotatable bonds is 5. The van der Waals surface area contributed by atoms with Crippen LogP contribution in [-0.2, 0) is 4.79 Å². The Kier molecular flexibility index (Phi) is 6.28. The number of fused-ring (bicyclic) bond motifs is 3. The van der Waals surface area contributed by atoms with Crippen molar-refractivity contribution in [2.24, 2.45) is 0 Å². The van der Waals surface area contributed by atoms with Gasteiger partial charge in [0.25, 0.3) is 0 Å². The first-order valence-corrected chi connectivity index (χ1v) is 11.7. The third-order valence-electron chi connectivity index (χ3n) is 6.68. The zero-order chi connectivity index (χ0) is 27.4. The largest absolute Gasteiger partial charge is 0.488 e. The molecule has 0 saturated carbocycles. The van der Waals surface area contributed by atoms with Gasteiger partial charge in [0.2, 0.25) is 5.91 Å². The first kappa shape index (κ1) is 25.6. The molecule has 2 aromatic carbocycles. The summed E-state index contributed by atoms with van der Waals surface area (Å²) >= 11 is 0. The summed E-state index contributed by atoms with van der Waals surface area (Å²) in [7, 11) is 0. The number of halogens is 5. The van der Waals surface area contributed by atoms with Gasteiger partial charge in [-0.25, -0.2) is 13.6 Å². The van der Waals surface area contributed by atoms with E-state index in [2.05, 4.69) is 11.6 Å². The van der Waals surface area contributed by atoms with Crippen molar-refractivity contribution in [1.82, 2.24) is 14.8 Å². The number of ether oxygens (including phenoxy) is 1. The van der Waals surface area contributed by atoms with Crippen LogP contribution in [0.1, 0.15) is 36.1 Å². The van der Waals surface area contributed by atoms with Crippen molar-refractivity contribution in [3.05, 3.63) is 81.5 Å². The molecule has 3 heterocycles. The van der Waals surface area contributed by atoms with Gasteiger partial charge in [0.1, 0.15) is 30.0 Å². The molecule has 0 aliphatic carbocycles. The summed E-state index contributed by atoms with van der Waals surface area (Å²) in [5.41, 5.74) is 0.223. The number of oxazole rings is 1. The van der Waals surface area contributed by atoms with Crippen molar-refractivity contribution < 1.29 is 35.9 Å². The molecule has 0 spiro atoms. The van der Waals surface area contributed by atoms with E-state index in [0.29, 0.717) is 18.5 Å². The summed E-state index contributed by atoms with van der Waals surface area (Å²) < 4.78 is 82.7. The Hall–Kier alpha value is -4.09. The molecule has 2 aliphatic rings. The topological polar surface area (TPSA) is 78.8 Å². The summed E-state index contributed by atoms with van der Waals surface area (Å²) in [5, 5.41) is 0. The standard InChI is InChI=1S/C26H22F5N3O4/c1-3-21(35)33-7-6-14(11-33)37-15-9-18(27)22(19(28)10-15)23-16-4-5-20-24(38-25(36)32-20)17(16)8-13(2)34(23)12-26(29,30)31/h3-5,8-10,14,23H,1,6-7,11-12H2,2H3,(H,32,36)/t14-,23+/m1/s1. The van der Waals surface area contributed by atoms with E-state index in [9.17, 15) is 22.8 Å². The van der Waals surface area contributed by atoms with Gasteiger partial charge in [-0.15, -0.1) is 0 Å². The molecule has 1 N–H and O–H groups in total. The molecule has 2 aliphatic heterocycles. The van der Waals surface area contributed by atoms with Crippen LogP contribution in [0.5, 0.6) is 5.75 Å². The Balaban J connectivity index is 1.56. The Morgan fingerprint density at radius 3 is 2.63 bits per heavy atom. The predicted octanol–water partition coefficient (Wildman–Crippen LogP) is 4.89. The molecule has 1 amide bonds. The van der Waals surface area contributed by atoms with Crippen LogP contribution in [0.2, 0.25) is 0 Å². The van der Waals surface area contributed by atoms with Crippen LogP contribution in [-0.4, -0.2) is 52.6 Å². The number of carbonyl (C=O) groups excluding carboxylic acids is 1. The van der Waals surface area contributed by atoms with Gasteiger partial charge in [0.05, 0.1) is 23.7 Å². The van der Waals surface area contributed by atoms with Gasteiger partial charge in [-0.05, 0) is 30.7 Å². The number of carbonyl (C=O) groups is 1. The van der Waals surface area contributed by atoms with Crippen molar-refractivity contribution in [3.8, 4) is 5.75 Å². The number of alkyl halides is 3. The number of aromatic amines is 1. The zero-order valence-corrected chi connectivity index (χ0v) is 20.1. The van der Waals surface area contributed by atoms with Crippen LogP contribution in [0.4, 0.5) is 22.0 Å². The lowest BCUT2D eigenvalue weighted by atomic mass is 9.88. The maximum atomic E-state index is 15.6. The summed E-state index contributed by atoms with van der Waals surface area (Å²) in [6, 6.07) is 3.15. The van der Waals surface area contributed by atoms with Crippen LogP contribution >= 0.6 is 0 Å².